The van der Waals surface area contributed by atoms with Crippen molar-refractivity contribution in [2.24, 2.45) is 4.99 Å². The van der Waals surface area contributed by atoms with Gasteiger partial charge >= 0.3 is 0 Å². The fourth-order valence-corrected chi connectivity index (χ4v) is 3.48. The van der Waals surface area contributed by atoms with Gasteiger partial charge in [0.1, 0.15) is 17.3 Å². The topological polar surface area (TPSA) is 62.0 Å². The predicted octanol–water partition coefficient (Wildman–Crippen LogP) is 3.72. The third-order valence-corrected chi connectivity index (χ3v) is 4.95. The molecule has 154 valence electrons. The number of halogens is 1. The Morgan fingerprint density at radius 2 is 2.00 bits per heavy atom. The van der Waals surface area contributed by atoms with Gasteiger partial charge in [-0.2, -0.15) is 0 Å². The third kappa shape index (κ3) is 6.13. The lowest BCUT2D eigenvalue weighted by molar-refractivity contribution is 0.213. The normalized spacial score (nSPS) is 15.8. The first-order valence-corrected chi connectivity index (χ1v) is 9.57. The van der Waals surface area contributed by atoms with Crippen LogP contribution in [0.4, 0.5) is 0 Å². The lowest BCUT2D eigenvalue weighted by Crippen LogP contribution is -2.42. The quantitative estimate of drug-likeness (QED) is 0.346. The van der Waals surface area contributed by atoms with Crippen LogP contribution in [0.25, 0.3) is 0 Å². The van der Waals surface area contributed by atoms with Crippen LogP contribution in [0.15, 0.2) is 45.8 Å². The molecule has 2 N–H and O–H groups in total. The van der Waals surface area contributed by atoms with Crippen LogP contribution in [0.1, 0.15) is 36.0 Å². The first-order chi connectivity index (χ1) is 13.2. The highest BCUT2D eigenvalue weighted by Crippen LogP contribution is 2.26. The molecule has 1 fully saturated rings. The molecule has 7 heteroatoms. The summed E-state index contributed by atoms with van der Waals surface area (Å²) in [5.74, 6) is 3.62. The summed E-state index contributed by atoms with van der Waals surface area (Å²) >= 11 is 0. The highest BCUT2D eigenvalue weighted by Gasteiger charge is 2.26. The molecular formula is C21H31IN4O2. The molecule has 1 aliphatic rings. The average Bonchev–Trinajstić information content (AvgIpc) is 3.37. The zero-order valence-electron chi connectivity index (χ0n) is 16.9. The van der Waals surface area contributed by atoms with Crippen molar-refractivity contribution in [3.05, 3.63) is 53.5 Å². The van der Waals surface area contributed by atoms with E-state index in [-0.39, 0.29) is 30.0 Å². The van der Waals surface area contributed by atoms with E-state index >= 15 is 0 Å². The molecule has 1 atom stereocenters. The zero-order valence-corrected chi connectivity index (χ0v) is 19.2. The van der Waals surface area contributed by atoms with Gasteiger partial charge in [-0.25, -0.2) is 0 Å². The molecule has 0 amide bonds. The molecule has 2 aromatic rings. The van der Waals surface area contributed by atoms with Crippen LogP contribution in [0.3, 0.4) is 0 Å². The molecule has 1 aromatic carbocycles. The Bertz CT molecular complexity index is 756. The van der Waals surface area contributed by atoms with Crippen molar-refractivity contribution in [1.82, 2.24) is 15.5 Å². The van der Waals surface area contributed by atoms with E-state index in [1.54, 1.807) is 14.2 Å². The second kappa shape index (κ2) is 11.3. The Hall–Kier alpha value is -1.74. The van der Waals surface area contributed by atoms with E-state index < -0.39 is 0 Å². The summed E-state index contributed by atoms with van der Waals surface area (Å²) in [5, 5.41) is 6.83. The zero-order chi connectivity index (χ0) is 19.1. The fourth-order valence-electron chi connectivity index (χ4n) is 3.48. The second-order valence-corrected chi connectivity index (χ2v) is 6.87. The monoisotopic (exact) mass is 498 g/mol. The Labute approximate surface area is 184 Å². The molecule has 0 bridgehead atoms. The summed E-state index contributed by atoms with van der Waals surface area (Å²) < 4.78 is 11.2. The van der Waals surface area contributed by atoms with Crippen molar-refractivity contribution in [3.8, 4) is 5.75 Å². The number of hydrogen-bond acceptors (Lipinski definition) is 4. The minimum atomic E-state index is 0. The molecule has 1 saturated heterocycles. The van der Waals surface area contributed by atoms with Crippen molar-refractivity contribution < 1.29 is 9.15 Å². The summed E-state index contributed by atoms with van der Waals surface area (Å²) in [4.78, 5) is 6.84. The van der Waals surface area contributed by atoms with E-state index in [2.05, 4.69) is 32.7 Å². The van der Waals surface area contributed by atoms with Crippen molar-refractivity contribution in [1.29, 1.82) is 0 Å². The second-order valence-electron chi connectivity index (χ2n) is 6.87. The summed E-state index contributed by atoms with van der Waals surface area (Å²) in [7, 11) is 3.48. The number of nitrogens with one attached hydrogen (secondary N) is 2. The van der Waals surface area contributed by atoms with Crippen molar-refractivity contribution in [3.63, 3.8) is 0 Å². The SMILES string of the molecule is CN=C(NCc1cccc(OC)c1)NCC(c1ccc(C)o1)N1CCCC1.I. The van der Waals surface area contributed by atoms with Gasteiger partial charge in [0.15, 0.2) is 5.96 Å². The minimum Gasteiger partial charge on any atom is -0.497 e. The van der Waals surface area contributed by atoms with Gasteiger partial charge in [-0.1, -0.05) is 12.1 Å². The summed E-state index contributed by atoms with van der Waals surface area (Å²) in [6.07, 6.45) is 2.50. The molecule has 0 radical (unpaired) electrons. The van der Waals surface area contributed by atoms with Crippen molar-refractivity contribution >= 4 is 29.9 Å². The first kappa shape index (κ1) is 22.5. The Kier molecular flexibility index (Phi) is 9.11. The molecular weight excluding hydrogens is 467 g/mol. The predicted molar refractivity (Wildman–Crippen MR) is 124 cm³/mol. The van der Waals surface area contributed by atoms with Gasteiger partial charge in [-0.15, -0.1) is 24.0 Å². The van der Waals surface area contributed by atoms with Crippen molar-refractivity contribution in [2.45, 2.75) is 32.4 Å². The Morgan fingerprint density at radius 1 is 1.21 bits per heavy atom. The van der Waals surface area contributed by atoms with Gasteiger partial charge in [-0.05, 0) is 62.7 Å². The molecule has 28 heavy (non-hydrogen) atoms. The van der Waals surface area contributed by atoms with Crippen LogP contribution >= 0.6 is 24.0 Å². The van der Waals surface area contributed by atoms with E-state index in [1.165, 1.54) is 12.8 Å². The van der Waals surface area contributed by atoms with E-state index in [0.717, 1.165) is 48.4 Å². The molecule has 1 unspecified atom stereocenters. The maximum absolute atomic E-state index is 5.92. The number of aryl methyl sites for hydroxylation is 1. The maximum atomic E-state index is 5.92. The van der Waals surface area contributed by atoms with Crippen LogP contribution in [-0.4, -0.2) is 44.7 Å². The number of furan rings is 1. The van der Waals surface area contributed by atoms with E-state index in [0.29, 0.717) is 6.54 Å². The number of nitrogens with zero attached hydrogens (tertiary/aromatic N) is 2. The number of aliphatic imine (C=N–C) groups is 1. The Balaban J connectivity index is 0.00000280. The van der Waals surface area contributed by atoms with Gasteiger partial charge < -0.3 is 19.8 Å². The summed E-state index contributed by atoms with van der Waals surface area (Å²) in [6, 6.07) is 12.4. The maximum Gasteiger partial charge on any atom is 0.191 e. The number of ether oxygens (including phenoxy) is 1. The standard InChI is InChI=1S/C21H30N4O2.HI/c1-16-9-10-20(27-16)19(25-11-4-5-12-25)15-24-21(22-2)23-14-17-7-6-8-18(13-17)26-3;/h6-10,13,19H,4-5,11-12,14-15H2,1-3H3,(H2,22,23,24);1H. The van der Waals surface area contributed by atoms with E-state index in [9.17, 15) is 0 Å². The van der Waals surface area contributed by atoms with Gasteiger partial charge in [0.2, 0.25) is 0 Å². The molecule has 1 aliphatic heterocycles. The Morgan fingerprint density at radius 3 is 2.64 bits per heavy atom. The molecule has 3 rings (SSSR count). The summed E-state index contributed by atoms with van der Waals surface area (Å²) in [5.41, 5.74) is 1.15. The summed E-state index contributed by atoms with van der Waals surface area (Å²) in [6.45, 7) is 5.66. The first-order valence-electron chi connectivity index (χ1n) is 9.57. The third-order valence-electron chi connectivity index (χ3n) is 4.95. The largest absolute Gasteiger partial charge is 0.497 e. The number of methoxy groups -OCH3 is 1. The smallest absolute Gasteiger partial charge is 0.191 e. The van der Waals surface area contributed by atoms with E-state index in [4.69, 9.17) is 9.15 Å². The lowest BCUT2D eigenvalue weighted by Gasteiger charge is -2.26. The van der Waals surface area contributed by atoms with Crippen LogP contribution < -0.4 is 15.4 Å². The van der Waals surface area contributed by atoms with Crippen LogP contribution in [0.5, 0.6) is 5.75 Å². The van der Waals surface area contributed by atoms with Crippen LogP contribution in [0.2, 0.25) is 0 Å². The number of guanidine groups is 1. The number of hydrogen-bond donors (Lipinski definition) is 2. The van der Waals surface area contributed by atoms with Gasteiger partial charge in [-0.3, -0.25) is 9.89 Å². The molecule has 0 aliphatic carbocycles. The molecule has 6 nitrogen and oxygen atoms in total. The van der Waals surface area contributed by atoms with Crippen molar-refractivity contribution in [2.75, 3.05) is 33.8 Å². The highest BCUT2D eigenvalue weighted by atomic mass is 127. The van der Waals surface area contributed by atoms with E-state index in [1.807, 2.05) is 31.2 Å². The molecule has 1 aromatic heterocycles. The minimum absolute atomic E-state index is 0. The highest BCUT2D eigenvalue weighted by molar-refractivity contribution is 14.0. The number of benzene rings is 1. The van der Waals surface area contributed by atoms with Crippen LogP contribution in [-0.2, 0) is 6.54 Å². The molecule has 0 spiro atoms. The molecule has 2 heterocycles. The number of likely N-dealkylation sites (tertiary alicyclic amines) is 1. The van der Waals surface area contributed by atoms with Gasteiger partial charge in [0.05, 0.1) is 13.2 Å². The average molecular weight is 498 g/mol. The number of rotatable bonds is 7. The van der Waals surface area contributed by atoms with Gasteiger partial charge in [0.25, 0.3) is 0 Å². The molecule has 0 saturated carbocycles. The fraction of sp³-hybridized carbons (Fsp3) is 0.476. The van der Waals surface area contributed by atoms with Gasteiger partial charge in [0, 0.05) is 20.1 Å². The van der Waals surface area contributed by atoms with Crippen LogP contribution in [0, 0.1) is 6.92 Å². The lowest BCUT2D eigenvalue weighted by atomic mass is 10.2.